The fraction of sp³-hybridized carbons (Fsp3) is 0.857. The molecule has 1 rings (SSSR count). The Kier molecular flexibility index (Phi) is 2.84. The van der Waals surface area contributed by atoms with Crippen LogP contribution in [0.5, 0.6) is 0 Å². The number of primary amides is 1. The SMILES string of the molecule is NC(=O)C(CO)C1CCNC1. The van der Waals surface area contributed by atoms with E-state index < -0.39 is 0 Å². The first-order valence-electron chi connectivity index (χ1n) is 3.86. The molecule has 64 valence electrons. The molecule has 0 bridgehead atoms. The lowest BCUT2D eigenvalue weighted by Crippen LogP contribution is -2.33. The van der Waals surface area contributed by atoms with Gasteiger partial charge in [0.1, 0.15) is 0 Å². The number of nitrogens with one attached hydrogen (secondary N) is 1. The summed E-state index contributed by atoms with van der Waals surface area (Å²) < 4.78 is 0. The summed E-state index contributed by atoms with van der Waals surface area (Å²) in [6.45, 7) is 1.60. The Morgan fingerprint density at radius 1 is 1.82 bits per heavy atom. The van der Waals surface area contributed by atoms with E-state index in [-0.39, 0.29) is 24.3 Å². The number of amides is 1. The van der Waals surface area contributed by atoms with E-state index in [1.165, 1.54) is 0 Å². The zero-order valence-corrected chi connectivity index (χ0v) is 6.42. The zero-order chi connectivity index (χ0) is 8.27. The maximum atomic E-state index is 10.8. The van der Waals surface area contributed by atoms with Gasteiger partial charge in [0, 0.05) is 0 Å². The van der Waals surface area contributed by atoms with Gasteiger partial charge in [-0.2, -0.15) is 0 Å². The zero-order valence-electron chi connectivity index (χ0n) is 6.42. The number of carbonyl (C=O) groups excluding carboxylic acids is 1. The molecule has 1 aliphatic rings. The molecule has 2 unspecified atom stereocenters. The van der Waals surface area contributed by atoms with Gasteiger partial charge in [0.05, 0.1) is 12.5 Å². The Balaban J connectivity index is 2.46. The summed E-state index contributed by atoms with van der Waals surface area (Å²) in [6.07, 6.45) is 0.939. The van der Waals surface area contributed by atoms with Gasteiger partial charge in [0.2, 0.25) is 5.91 Å². The molecule has 4 N–H and O–H groups in total. The summed E-state index contributed by atoms with van der Waals surface area (Å²) in [7, 11) is 0. The van der Waals surface area contributed by atoms with E-state index in [1.54, 1.807) is 0 Å². The maximum absolute atomic E-state index is 10.8. The van der Waals surface area contributed by atoms with E-state index in [4.69, 9.17) is 10.8 Å². The molecule has 4 heteroatoms. The topological polar surface area (TPSA) is 75.4 Å². The number of nitrogens with two attached hydrogens (primary N) is 1. The van der Waals surface area contributed by atoms with Crippen LogP contribution in [0.1, 0.15) is 6.42 Å². The third-order valence-electron chi connectivity index (χ3n) is 2.23. The van der Waals surface area contributed by atoms with Crippen LogP contribution in [0.3, 0.4) is 0 Å². The van der Waals surface area contributed by atoms with Crippen LogP contribution in [0.4, 0.5) is 0 Å². The molecule has 0 spiro atoms. The van der Waals surface area contributed by atoms with E-state index in [0.29, 0.717) is 0 Å². The maximum Gasteiger partial charge on any atom is 0.223 e. The number of hydrogen-bond acceptors (Lipinski definition) is 3. The molecule has 2 atom stereocenters. The first-order chi connectivity index (χ1) is 5.25. The number of aliphatic hydroxyl groups excluding tert-OH is 1. The molecular formula is C7H14N2O2. The molecule has 1 heterocycles. The molecule has 11 heavy (non-hydrogen) atoms. The standard InChI is InChI=1S/C7H14N2O2/c8-7(11)6(4-10)5-1-2-9-3-5/h5-6,9-10H,1-4H2,(H2,8,11). The number of aliphatic hydroxyl groups is 1. The summed E-state index contributed by atoms with van der Waals surface area (Å²) in [5, 5.41) is 12.0. The van der Waals surface area contributed by atoms with Crippen molar-refractivity contribution in [1.82, 2.24) is 5.32 Å². The van der Waals surface area contributed by atoms with Gasteiger partial charge < -0.3 is 16.2 Å². The quantitative estimate of drug-likeness (QED) is 0.477. The van der Waals surface area contributed by atoms with Crippen molar-refractivity contribution in [2.45, 2.75) is 6.42 Å². The van der Waals surface area contributed by atoms with E-state index in [1.807, 2.05) is 0 Å². The average Bonchev–Trinajstić information content (AvgIpc) is 2.40. The van der Waals surface area contributed by atoms with E-state index >= 15 is 0 Å². The summed E-state index contributed by atoms with van der Waals surface area (Å²) >= 11 is 0. The predicted octanol–water partition coefficient (Wildman–Crippen LogP) is -1.31. The Morgan fingerprint density at radius 3 is 2.91 bits per heavy atom. The van der Waals surface area contributed by atoms with E-state index in [9.17, 15) is 4.79 Å². The van der Waals surface area contributed by atoms with Crippen LogP contribution in [-0.4, -0.2) is 30.7 Å². The Bertz CT molecular complexity index is 143. The molecule has 1 amide bonds. The van der Waals surface area contributed by atoms with Gasteiger partial charge in [-0.1, -0.05) is 0 Å². The minimum atomic E-state index is -0.388. The van der Waals surface area contributed by atoms with Crippen LogP contribution in [0, 0.1) is 11.8 Å². The number of rotatable bonds is 3. The molecule has 0 radical (unpaired) electrons. The molecule has 0 aromatic heterocycles. The molecule has 4 nitrogen and oxygen atoms in total. The molecule has 1 aliphatic heterocycles. The van der Waals surface area contributed by atoms with Crippen LogP contribution in [-0.2, 0) is 4.79 Å². The summed E-state index contributed by atoms with van der Waals surface area (Å²) in [5.74, 6) is -0.510. The smallest absolute Gasteiger partial charge is 0.223 e. The second kappa shape index (κ2) is 3.69. The van der Waals surface area contributed by atoms with Gasteiger partial charge in [0.15, 0.2) is 0 Å². The highest BCUT2D eigenvalue weighted by Gasteiger charge is 2.27. The van der Waals surface area contributed by atoms with E-state index in [0.717, 1.165) is 19.5 Å². The Labute approximate surface area is 65.8 Å². The van der Waals surface area contributed by atoms with Crippen LogP contribution in [0.2, 0.25) is 0 Å². The highest BCUT2D eigenvalue weighted by molar-refractivity contribution is 5.77. The van der Waals surface area contributed by atoms with Gasteiger partial charge in [0.25, 0.3) is 0 Å². The minimum absolute atomic E-state index is 0.123. The molecule has 0 aliphatic carbocycles. The second-order valence-electron chi connectivity index (χ2n) is 2.94. The van der Waals surface area contributed by atoms with Crippen molar-refractivity contribution in [2.24, 2.45) is 17.6 Å². The fourth-order valence-corrected chi connectivity index (χ4v) is 1.49. The summed E-state index contributed by atoms with van der Waals surface area (Å²) in [5.41, 5.74) is 5.10. The number of carbonyl (C=O) groups is 1. The van der Waals surface area contributed by atoms with Crippen molar-refractivity contribution in [3.8, 4) is 0 Å². The van der Waals surface area contributed by atoms with Crippen molar-refractivity contribution >= 4 is 5.91 Å². The van der Waals surface area contributed by atoms with Crippen molar-refractivity contribution in [1.29, 1.82) is 0 Å². The van der Waals surface area contributed by atoms with Gasteiger partial charge in [-0.25, -0.2) is 0 Å². The van der Waals surface area contributed by atoms with Crippen LogP contribution >= 0.6 is 0 Å². The van der Waals surface area contributed by atoms with Crippen molar-refractivity contribution < 1.29 is 9.90 Å². The van der Waals surface area contributed by atoms with Crippen LogP contribution in [0.15, 0.2) is 0 Å². The summed E-state index contributed by atoms with van der Waals surface area (Å²) in [4.78, 5) is 10.8. The predicted molar refractivity (Wildman–Crippen MR) is 40.7 cm³/mol. The molecule has 0 aromatic carbocycles. The molecular weight excluding hydrogens is 144 g/mol. The Hall–Kier alpha value is -0.610. The monoisotopic (exact) mass is 158 g/mol. The van der Waals surface area contributed by atoms with Crippen LogP contribution in [0.25, 0.3) is 0 Å². The highest BCUT2D eigenvalue weighted by atomic mass is 16.3. The lowest BCUT2D eigenvalue weighted by Gasteiger charge is -2.16. The molecule has 0 saturated carbocycles. The van der Waals surface area contributed by atoms with Crippen LogP contribution < -0.4 is 11.1 Å². The normalized spacial score (nSPS) is 26.8. The Morgan fingerprint density at radius 2 is 2.55 bits per heavy atom. The lowest BCUT2D eigenvalue weighted by molar-refractivity contribution is -0.124. The van der Waals surface area contributed by atoms with Crippen molar-refractivity contribution in [2.75, 3.05) is 19.7 Å². The second-order valence-corrected chi connectivity index (χ2v) is 2.94. The number of hydrogen-bond donors (Lipinski definition) is 3. The first-order valence-corrected chi connectivity index (χ1v) is 3.86. The highest BCUT2D eigenvalue weighted by Crippen LogP contribution is 2.17. The average molecular weight is 158 g/mol. The lowest BCUT2D eigenvalue weighted by atomic mass is 9.92. The third-order valence-corrected chi connectivity index (χ3v) is 2.23. The van der Waals surface area contributed by atoms with Crippen molar-refractivity contribution in [3.63, 3.8) is 0 Å². The summed E-state index contributed by atoms with van der Waals surface area (Å²) in [6, 6.07) is 0. The van der Waals surface area contributed by atoms with Gasteiger partial charge in [-0.3, -0.25) is 4.79 Å². The third kappa shape index (κ3) is 1.91. The van der Waals surface area contributed by atoms with Gasteiger partial charge in [-0.05, 0) is 25.4 Å². The van der Waals surface area contributed by atoms with Crippen molar-refractivity contribution in [3.05, 3.63) is 0 Å². The molecule has 1 fully saturated rings. The first kappa shape index (κ1) is 8.49. The largest absolute Gasteiger partial charge is 0.396 e. The van der Waals surface area contributed by atoms with Gasteiger partial charge >= 0.3 is 0 Å². The minimum Gasteiger partial charge on any atom is -0.396 e. The molecule has 0 aromatic rings. The fourth-order valence-electron chi connectivity index (χ4n) is 1.49. The van der Waals surface area contributed by atoms with E-state index in [2.05, 4.69) is 5.32 Å². The molecule has 1 saturated heterocycles. The van der Waals surface area contributed by atoms with Gasteiger partial charge in [-0.15, -0.1) is 0 Å².